The van der Waals surface area contributed by atoms with Gasteiger partial charge in [-0.15, -0.1) is 0 Å². The number of rotatable bonds is 6. The van der Waals surface area contributed by atoms with E-state index in [9.17, 15) is 4.79 Å². The Labute approximate surface area is 102 Å². The first kappa shape index (κ1) is 13.3. The number of hydrogen-bond donors (Lipinski definition) is 1. The number of benzene rings is 1. The van der Waals surface area contributed by atoms with Crippen LogP contribution in [0.1, 0.15) is 26.7 Å². The van der Waals surface area contributed by atoms with Gasteiger partial charge in [0.05, 0.1) is 5.57 Å². The monoisotopic (exact) mass is 233 g/mol. The largest absolute Gasteiger partial charge is 0.478 e. The second-order valence-corrected chi connectivity index (χ2v) is 3.83. The molecule has 0 aliphatic rings. The highest BCUT2D eigenvalue weighted by atomic mass is 16.4. The molecule has 17 heavy (non-hydrogen) atoms. The van der Waals surface area contributed by atoms with Crippen LogP contribution in [0.25, 0.3) is 0 Å². The van der Waals surface area contributed by atoms with Gasteiger partial charge in [-0.2, -0.15) is 0 Å². The van der Waals surface area contributed by atoms with Gasteiger partial charge < -0.3 is 10.0 Å². The first-order valence-electron chi connectivity index (χ1n) is 5.94. The van der Waals surface area contributed by atoms with Crippen molar-refractivity contribution in [1.29, 1.82) is 0 Å². The lowest BCUT2D eigenvalue weighted by atomic mass is 10.1. The van der Waals surface area contributed by atoms with E-state index < -0.39 is 5.97 Å². The first-order valence-corrected chi connectivity index (χ1v) is 5.94. The third kappa shape index (κ3) is 3.94. The molecule has 0 atom stereocenters. The smallest absolute Gasteiger partial charge is 0.333 e. The van der Waals surface area contributed by atoms with Gasteiger partial charge in [-0.05, 0) is 25.5 Å². The maximum Gasteiger partial charge on any atom is 0.333 e. The molecule has 0 amide bonds. The summed E-state index contributed by atoms with van der Waals surface area (Å²) >= 11 is 0. The van der Waals surface area contributed by atoms with Crippen LogP contribution in [-0.4, -0.2) is 17.6 Å². The fourth-order valence-corrected chi connectivity index (χ4v) is 1.65. The summed E-state index contributed by atoms with van der Waals surface area (Å²) in [7, 11) is 0. The zero-order valence-corrected chi connectivity index (χ0v) is 10.4. The normalized spacial score (nSPS) is 11.3. The summed E-state index contributed by atoms with van der Waals surface area (Å²) in [5.41, 5.74) is 1.48. The summed E-state index contributed by atoms with van der Waals surface area (Å²) in [6.45, 7) is 4.75. The summed E-state index contributed by atoms with van der Waals surface area (Å²) in [5.74, 6) is -0.832. The Bertz CT molecular complexity index is 384. The molecular formula is C14H19NO2. The van der Waals surface area contributed by atoms with E-state index in [1.54, 1.807) is 6.20 Å². The molecule has 0 radical (unpaired) electrons. The Kier molecular flexibility index (Phi) is 5.27. The van der Waals surface area contributed by atoms with Gasteiger partial charge in [0, 0.05) is 18.4 Å². The van der Waals surface area contributed by atoms with Gasteiger partial charge >= 0.3 is 5.97 Å². The highest BCUT2D eigenvalue weighted by molar-refractivity contribution is 5.87. The van der Waals surface area contributed by atoms with Crippen molar-refractivity contribution in [2.75, 3.05) is 11.4 Å². The van der Waals surface area contributed by atoms with Gasteiger partial charge in [0.25, 0.3) is 0 Å². The van der Waals surface area contributed by atoms with Crippen molar-refractivity contribution >= 4 is 11.7 Å². The van der Waals surface area contributed by atoms with E-state index in [2.05, 4.69) is 0 Å². The van der Waals surface area contributed by atoms with Crippen molar-refractivity contribution < 1.29 is 9.90 Å². The summed E-state index contributed by atoms with van der Waals surface area (Å²) in [6, 6.07) is 9.81. The van der Waals surface area contributed by atoms with Crippen LogP contribution >= 0.6 is 0 Å². The number of aliphatic carboxylic acids is 1. The molecule has 3 heteroatoms. The molecule has 0 fully saturated rings. The Hall–Kier alpha value is -1.77. The first-order chi connectivity index (χ1) is 8.19. The van der Waals surface area contributed by atoms with E-state index in [1.165, 1.54) is 0 Å². The van der Waals surface area contributed by atoms with E-state index in [4.69, 9.17) is 5.11 Å². The van der Waals surface area contributed by atoms with Crippen LogP contribution in [-0.2, 0) is 4.79 Å². The number of carboxylic acids is 1. The second kappa shape index (κ2) is 6.74. The number of carboxylic acid groups (broad SMARTS) is 1. The molecule has 1 rings (SSSR count). The molecule has 1 aromatic rings. The van der Waals surface area contributed by atoms with E-state index in [1.807, 2.05) is 49.1 Å². The van der Waals surface area contributed by atoms with Crippen molar-refractivity contribution in [3.63, 3.8) is 0 Å². The predicted molar refractivity (Wildman–Crippen MR) is 70.1 cm³/mol. The van der Waals surface area contributed by atoms with Gasteiger partial charge in [0.2, 0.25) is 0 Å². The predicted octanol–water partition coefficient (Wildman–Crippen LogP) is 3.28. The zero-order chi connectivity index (χ0) is 12.7. The van der Waals surface area contributed by atoms with Gasteiger partial charge in [-0.1, -0.05) is 31.5 Å². The molecule has 92 valence electrons. The van der Waals surface area contributed by atoms with Crippen molar-refractivity contribution in [2.24, 2.45) is 0 Å². The highest BCUT2D eigenvalue weighted by Crippen LogP contribution is 2.16. The molecule has 0 heterocycles. The lowest BCUT2D eigenvalue weighted by Crippen LogP contribution is -2.17. The van der Waals surface area contributed by atoms with Gasteiger partial charge in [-0.25, -0.2) is 4.79 Å². The molecule has 0 spiro atoms. The summed E-state index contributed by atoms with van der Waals surface area (Å²) in [4.78, 5) is 13.0. The molecular weight excluding hydrogens is 214 g/mol. The van der Waals surface area contributed by atoms with E-state index in [0.29, 0.717) is 12.0 Å². The maximum atomic E-state index is 11.1. The SMILES string of the molecule is CCCC(=CN(CC)c1ccccc1)C(=O)O. The Balaban J connectivity index is 2.94. The molecule has 1 aromatic carbocycles. The number of para-hydroxylation sites is 1. The third-order valence-electron chi connectivity index (χ3n) is 2.53. The topological polar surface area (TPSA) is 40.5 Å². The minimum atomic E-state index is -0.832. The van der Waals surface area contributed by atoms with Crippen molar-refractivity contribution in [3.05, 3.63) is 42.1 Å². The second-order valence-electron chi connectivity index (χ2n) is 3.83. The van der Waals surface area contributed by atoms with Crippen LogP contribution < -0.4 is 4.90 Å². The van der Waals surface area contributed by atoms with Crippen LogP contribution in [0, 0.1) is 0 Å². The van der Waals surface area contributed by atoms with Crippen molar-refractivity contribution in [3.8, 4) is 0 Å². The number of carbonyl (C=O) groups is 1. The zero-order valence-electron chi connectivity index (χ0n) is 10.4. The van der Waals surface area contributed by atoms with Crippen molar-refractivity contribution in [2.45, 2.75) is 26.7 Å². The quantitative estimate of drug-likeness (QED) is 0.766. The summed E-state index contributed by atoms with van der Waals surface area (Å²) in [6.07, 6.45) is 3.17. The Morgan fingerprint density at radius 3 is 2.41 bits per heavy atom. The molecule has 0 aliphatic heterocycles. The number of anilines is 1. The molecule has 1 N–H and O–H groups in total. The Morgan fingerprint density at radius 2 is 1.94 bits per heavy atom. The minimum Gasteiger partial charge on any atom is -0.478 e. The van der Waals surface area contributed by atoms with Crippen LogP contribution in [0.5, 0.6) is 0 Å². The summed E-state index contributed by atoms with van der Waals surface area (Å²) in [5, 5.41) is 9.10. The molecule has 0 bridgehead atoms. The van der Waals surface area contributed by atoms with E-state index in [0.717, 1.165) is 18.7 Å². The molecule has 0 saturated carbocycles. The molecule has 0 aliphatic carbocycles. The van der Waals surface area contributed by atoms with Gasteiger partial charge in [0.15, 0.2) is 0 Å². The fourth-order valence-electron chi connectivity index (χ4n) is 1.65. The van der Waals surface area contributed by atoms with E-state index in [-0.39, 0.29) is 0 Å². The van der Waals surface area contributed by atoms with Crippen LogP contribution in [0.4, 0.5) is 5.69 Å². The van der Waals surface area contributed by atoms with Crippen molar-refractivity contribution in [1.82, 2.24) is 0 Å². The average Bonchev–Trinajstić information content (AvgIpc) is 2.35. The number of hydrogen-bond acceptors (Lipinski definition) is 2. The third-order valence-corrected chi connectivity index (χ3v) is 2.53. The highest BCUT2D eigenvalue weighted by Gasteiger charge is 2.09. The maximum absolute atomic E-state index is 11.1. The lowest BCUT2D eigenvalue weighted by Gasteiger charge is -2.19. The van der Waals surface area contributed by atoms with Gasteiger partial charge in [0.1, 0.15) is 0 Å². The minimum absolute atomic E-state index is 0.457. The van der Waals surface area contributed by atoms with Crippen LogP contribution in [0.2, 0.25) is 0 Å². The lowest BCUT2D eigenvalue weighted by molar-refractivity contribution is -0.132. The van der Waals surface area contributed by atoms with Crippen LogP contribution in [0.3, 0.4) is 0 Å². The molecule has 0 unspecified atom stereocenters. The molecule has 0 aromatic heterocycles. The standard InChI is InChI=1S/C14H19NO2/c1-3-8-12(14(16)17)11-15(4-2)13-9-6-5-7-10-13/h5-7,9-11H,3-4,8H2,1-2H3,(H,16,17). The fraction of sp³-hybridized carbons (Fsp3) is 0.357. The van der Waals surface area contributed by atoms with Crippen LogP contribution in [0.15, 0.2) is 42.1 Å². The van der Waals surface area contributed by atoms with E-state index >= 15 is 0 Å². The average molecular weight is 233 g/mol. The molecule has 0 saturated heterocycles. The summed E-state index contributed by atoms with van der Waals surface area (Å²) < 4.78 is 0. The number of nitrogens with zero attached hydrogens (tertiary/aromatic N) is 1. The molecule has 3 nitrogen and oxygen atoms in total. The Morgan fingerprint density at radius 1 is 1.29 bits per heavy atom. The van der Waals surface area contributed by atoms with Gasteiger partial charge in [-0.3, -0.25) is 0 Å².